The van der Waals surface area contributed by atoms with Gasteiger partial charge in [0.1, 0.15) is 11.6 Å². The molecule has 4 nitrogen and oxygen atoms in total. The first-order valence-electron chi connectivity index (χ1n) is 28.6. The molecular weight excluding hydrogens is 851 g/mol. The molecule has 2 aromatic heterocycles. The van der Waals surface area contributed by atoms with Crippen LogP contribution in [0.25, 0.3) is 83.9 Å². The second-order valence-corrected chi connectivity index (χ2v) is 22.0. The highest BCUT2D eigenvalue weighted by Gasteiger charge is 2.30. The Morgan fingerprint density at radius 2 is 1.10 bits per heavy atom. The largest absolute Gasteiger partial charge is 0.507 e. The average Bonchev–Trinajstić information content (AvgIpc) is 3.95. The van der Waals surface area contributed by atoms with Gasteiger partial charge >= 0.3 is 0 Å². The van der Waals surface area contributed by atoms with Crippen molar-refractivity contribution in [2.45, 2.75) is 118 Å². The van der Waals surface area contributed by atoms with Crippen molar-refractivity contribution in [2.75, 3.05) is 0 Å². The van der Waals surface area contributed by atoms with Crippen LogP contribution in [0.5, 0.6) is 5.75 Å². The van der Waals surface area contributed by atoms with Crippen LogP contribution >= 0.6 is 0 Å². The second kappa shape index (κ2) is 17.7. The number of phenolic OH excluding ortho intramolecular Hbond substituents is 1. The van der Waals surface area contributed by atoms with E-state index in [9.17, 15) is 5.11 Å². The molecule has 4 heteroatoms. The molecule has 2 heterocycles. The summed E-state index contributed by atoms with van der Waals surface area (Å²) in [6.45, 7) is 13.5. The molecule has 7 aromatic carbocycles. The maximum atomic E-state index is 12.7. The molecule has 354 valence electrons. The van der Waals surface area contributed by atoms with E-state index in [1.165, 1.54) is 12.1 Å². The molecule has 9 aromatic rings. The number of nitrogens with zero attached hydrogens (tertiary/aromatic N) is 3. The van der Waals surface area contributed by atoms with Gasteiger partial charge in [0.25, 0.3) is 0 Å². The van der Waals surface area contributed by atoms with Crippen molar-refractivity contribution in [3.8, 4) is 78.6 Å². The molecule has 0 fully saturated rings. The van der Waals surface area contributed by atoms with E-state index >= 15 is 0 Å². The average molecular weight is 929 g/mol. The smallest absolute Gasteiger partial charge is 0.149 e. The lowest BCUT2D eigenvalue weighted by Gasteiger charge is -2.27. The number of aromatic hydroxyl groups is 1. The van der Waals surface area contributed by atoms with E-state index in [0.717, 1.165) is 83.7 Å². The van der Waals surface area contributed by atoms with Crippen molar-refractivity contribution < 1.29 is 17.4 Å². The van der Waals surface area contributed by atoms with Crippen LogP contribution in [0, 0.1) is 13.8 Å². The summed E-state index contributed by atoms with van der Waals surface area (Å²) >= 11 is 0. The SMILES string of the molecule is [2H]C([2H])([2H])C(c1ccc(-c2ccc(-n3c(-c4cc(C(C)(C)C)cc(C(C)(C)C)c4O)nc4c(-c5cc(-c6ncc(C)c(-c7ccccc7)c6C)cc(C(C)(C)C)c5)cccc43)c(-c3ccccc3)c2)cc1)(C([2H])([2H])[2H])C([2H])([2H])[2H]. The van der Waals surface area contributed by atoms with Gasteiger partial charge in [-0.1, -0.05) is 198 Å². The highest BCUT2D eigenvalue weighted by molar-refractivity contribution is 5.98. The summed E-state index contributed by atoms with van der Waals surface area (Å²) in [7, 11) is 0. The number of para-hydroxylation sites is 1. The highest BCUT2D eigenvalue weighted by Crippen LogP contribution is 2.47. The van der Waals surface area contributed by atoms with Crippen LogP contribution in [0.3, 0.4) is 0 Å². The molecular formula is C66H69N3O. The Bertz CT molecular complexity index is 3720. The molecule has 0 radical (unpaired) electrons. The molecule has 0 aliphatic heterocycles. The third kappa shape index (κ3) is 9.13. The summed E-state index contributed by atoms with van der Waals surface area (Å²) < 4.78 is 77.1. The van der Waals surface area contributed by atoms with Gasteiger partial charge in [0, 0.05) is 40.8 Å². The molecule has 0 bridgehead atoms. The predicted molar refractivity (Wildman–Crippen MR) is 297 cm³/mol. The van der Waals surface area contributed by atoms with Crippen molar-refractivity contribution in [3.63, 3.8) is 0 Å². The predicted octanol–water partition coefficient (Wildman–Crippen LogP) is 17.9. The first-order valence-corrected chi connectivity index (χ1v) is 24.1. The Labute approximate surface area is 429 Å². The zero-order valence-corrected chi connectivity index (χ0v) is 42.3. The Morgan fingerprint density at radius 1 is 0.486 bits per heavy atom. The Hall–Kier alpha value is -7.04. The highest BCUT2D eigenvalue weighted by atomic mass is 16.3. The molecule has 1 N–H and O–H groups in total. The normalized spacial score (nSPS) is 14.9. The lowest BCUT2D eigenvalue weighted by atomic mass is 9.79. The van der Waals surface area contributed by atoms with Gasteiger partial charge in [0.05, 0.1) is 28.0 Å². The van der Waals surface area contributed by atoms with E-state index in [0.29, 0.717) is 28.0 Å². The maximum absolute atomic E-state index is 12.7. The molecule has 0 saturated heterocycles. The van der Waals surface area contributed by atoms with Gasteiger partial charge in [-0.05, 0) is 133 Å². The van der Waals surface area contributed by atoms with E-state index in [1.807, 2.05) is 66.9 Å². The Kier molecular flexibility index (Phi) is 9.58. The summed E-state index contributed by atoms with van der Waals surface area (Å²) in [6, 6.07) is 49.2. The molecule has 0 aliphatic carbocycles. The number of imidazole rings is 1. The number of pyridine rings is 1. The minimum atomic E-state index is -3.39. The van der Waals surface area contributed by atoms with E-state index in [4.69, 9.17) is 22.3 Å². The van der Waals surface area contributed by atoms with Crippen LogP contribution in [0.2, 0.25) is 0 Å². The van der Waals surface area contributed by atoms with Crippen LogP contribution in [0.4, 0.5) is 0 Å². The summed E-state index contributed by atoms with van der Waals surface area (Å²) in [5.41, 5.74) is 12.5. The molecule has 70 heavy (non-hydrogen) atoms. The third-order valence-corrected chi connectivity index (χ3v) is 13.6. The first-order chi connectivity index (χ1) is 36.7. The van der Waals surface area contributed by atoms with Crippen LogP contribution in [0.1, 0.15) is 129 Å². The number of fused-ring (bicyclic) bond motifs is 1. The standard InChI is InChI=1S/C66H69N3O/c1-41-40-67-59(42(2)58(41)45-24-19-16-20-25-45)48-34-47(35-50(36-48)64(6,7)8)52-26-21-27-57-60(52)68-62(54-38-51(65(9,10)11)39-55(61(54)70)66(12,13)14)69(57)56-33-30-46(37-53(56)44-22-17-15-18-23-44)43-28-31-49(32-29-43)63(3,4)5/h15-40,70H,1-14H3/i3D3,4D3,5D3. The van der Waals surface area contributed by atoms with Crippen LogP contribution in [-0.2, 0) is 21.7 Å². The first kappa shape index (κ1) is 37.8. The number of hydrogen-bond acceptors (Lipinski definition) is 3. The molecule has 0 aliphatic rings. The van der Waals surface area contributed by atoms with Crippen molar-refractivity contribution in [3.05, 3.63) is 191 Å². The third-order valence-electron chi connectivity index (χ3n) is 13.6. The lowest BCUT2D eigenvalue weighted by molar-refractivity contribution is 0.446. The summed E-state index contributed by atoms with van der Waals surface area (Å²) in [5, 5.41) is 12.7. The van der Waals surface area contributed by atoms with Crippen molar-refractivity contribution in [1.29, 1.82) is 0 Å². The van der Waals surface area contributed by atoms with Gasteiger partial charge in [0.2, 0.25) is 0 Å². The van der Waals surface area contributed by atoms with Gasteiger partial charge in [-0.25, -0.2) is 4.98 Å². The monoisotopic (exact) mass is 929 g/mol. The quantitative estimate of drug-likeness (QED) is 0.173. The summed E-state index contributed by atoms with van der Waals surface area (Å²) in [4.78, 5) is 10.8. The van der Waals surface area contributed by atoms with E-state index in [-0.39, 0.29) is 22.1 Å². The molecule has 0 amide bonds. The molecule has 0 spiro atoms. The number of aryl methyl sites for hydroxylation is 1. The zero-order chi connectivity index (χ0) is 57.6. The van der Waals surface area contributed by atoms with Crippen LogP contribution in [-0.4, -0.2) is 19.6 Å². The van der Waals surface area contributed by atoms with Crippen LogP contribution < -0.4 is 0 Å². The summed E-state index contributed by atoms with van der Waals surface area (Å²) in [6.07, 6.45) is 1.96. The van der Waals surface area contributed by atoms with Crippen molar-refractivity contribution in [1.82, 2.24) is 14.5 Å². The van der Waals surface area contributed by atoms with Crippen molar-refractivity contribution >= 4 is 11.0 Å². The Balaban J connectivity index is 1.34. The van der Waals surface area contributed by atoms with Gasteiger partial charge in [-0.3, -0.25) is 9.55 Å². The molecule has 0 unspecified atom stereocenters. The molecule has 0 saturated carbocycles. The van der Waals surface area contributed by atoms with E-state index < -0.39 is 31.4 Å². The minimum absolute atomic E-state index is 0.131. The Morgan fingerprint density at radius 3 is 1.73 bits per heavy atom. The fourth-order valence-electron chi connectivity index (χ4n) is 9.67. The van der Waals surface area contributed by atoms with Crippen molar-refractivity contribution in [2.24, 2.45) is 0 Å². The fourth-order valence-corrected chi connectivity index (χ4v) is 9.67. The van der Waals surface area contributed by atoms with Gasteiger partial charge < -0.3 is 5.11 Å². The summed E-state index contributed by atoms with van der Waals surface area (Å²) in [5.74, 6) is 0.655. The van der Waals surface area contributed by atoms with Gasteiger partial charge in [-0.2, -0.15) is 0 Å². The molecule has 0 atom stereocenters. The minimum Gasteiger partial charge on any atom is -0.507 e. The second-order valence-electron chi connectivity index (χ2n) is 22.0. The number of phenols is 1. The maximum Gasteiger partial charge on any atom is 0.149 e. The van der Waals surface area contributed by atoms with Gasteiger partial charge in [0.15, 0.2) is 0 Å². The van der Waals surface area contributed by atoms with Crippen LogP contribution in [0.15, 0.2) is 158 Å². The molecule has 9 rings (SSSR count). The number of aromatic nitrogens is 3. The zero-order valence-electron chi connectivity index (χ0n) is 51.3. The topological polar surface area (TPSA) is 50.9 Å². The number of rotatable bonds is 7. The number of hydrogen-bond donors (Lipinski definition) is 1. The van der Waals surface area contributed by atoms with Gasteiger partial charge in [-0.15, -0.1) is 0 Å². The lowest BCUT2D eigenvalue weighted by Crippen LogP contribution is -2.17. The van der Waals surface area contributed by atoms with E-state index in [2.05, 4.69) is 147 Å². The fraction of sp³-hybridized carbons (Fsp3) is 0.273. The van der Waals surface area contributed by atoms with E-state index in [1.54, 1.807) is 12.1 Å². The number of benzene rings is 7.